The van der Waals surface area contributed by atoms with Gasteiger partial charge in [0.05, 0.1) is 11.4 Å². The average Bonchev–Trinajstić information content (AvgIpc) is 2.34. The first kappa shape index (κ1) is 17.1. The molecule has 0 spiro atoms. The first-order valence-electron chi connectivity index (χ1n) is 6.98. The van der Waals surface area contributed by atoms with Crippen LogP contribution in [0.5, 0.6) is 0 Å². The molecule has 20 heavy (non-hydrogen) atoms. The van der Waals surface area contributed by atoms with Crippen molar-refractivity contribution >= 4 is 17.7 Å². The molecule has 1 amide bonds. The number of benzene rings is 1. The molecule has 1 aromatic rings. The molecule has 112 valence electrons. The van der Waals surface area contributed by atoms with Crippen molar-refractivity contribution in [1.29, 1.82) is 0 Å². The summed E-state index contributed by atoms with van der Waals surface area (Å²) in [6.45, 7) is 8.22. The van der Waals surface area contributed by atoms with Crippen LogP contribution >= 0.6 is 11.8 Å². The summed E-state index contributed by atoms with van der Waals surface area (Å²) in [4.78, 5) is 12.9. The maximum absolute atomic E-state index is 11.8. The van der Waals surface area contributed by atoms with E-state index in [4.69, 9.17) is 0 Å². The second kappa shape index (κ2) is 7.70. The molecule has 0 saturated carbocycles. The van der Waals surface area contributed by atoms with Gasteiger partial charge in [0.2, 0.25) is 5.91 Å². The fourth-order valence-electron chi connectivity index (χ4n) is 2.15. The number of amides is 1. The molecule has 4 heteroatoms. The summed E-state index contributed by atoms with van der Waals surface area (Å²) in [7, 11) is 0. The highest BCUT2D eigenvalue weighted by Crippen LogP contribution is 2.21. The van der Waals surface area contributed by atoms with Crippen molar-refractivity contribution in [1.82, 2.24) is 5.32 Å². The average molecular weight is 295 g/mol. The van der Waals surface area contributed by atoms with Crippen LogP contribution in [0.25, 0.3) is 0 Å². The van der Waals surface area contributed by atoms with E-state index in [1.54, 1.807) is 6.92 Å². The first-order valence-corrected chi connectivity index (χ1v) is 7.96. The van der Waals surface area contributed by atoms with Gasteiger partial charge in [0.1, 0.15) is 0 Å². The number of carbonyl (C=O) groups is 1. The van der Waals surface area contributed by atoms with E-state index in [2.05, 4.69) is 19.2 Å². The number of thioether (sulfide) groups is 1. The van der Waals surface area contributed by atoms with Crippen LogP contribution in [0.4, 0.5) is 0 Å². The zero-order chi connectivity index (χ0) is 15.2. The molecule has 0 fully saturated rings. The van der Waals surface area contributed by atoms with E-state index < -0.39 is 5.60 Å². The van der Waals surface area contributed by atoms with Crippen LogP contribution in [0.3, 0.4) is 0 Å². The number of hydrogen-bond acceptors (Lipinski definition) is 3. The van der Waals surface area contributed by atoms with E-state index in [-0.39, 0.29) is 5.91 Å². The fraction of sp³-hybridized carbons (Fsp3) is 0.562. The van der Waals surface area contributed by atoms with Crippen molar-refractivity contribution in [2.24, 2.45) is 5.92 Å². The second-order valence-electron chi connectivity index (χ2n) is 5.93. The molecule has 0 radical (unpaired) electrons. The van der Waals surface area contributed by atoms with Crippen molar-refractivity contribution in [3.8, 4) is 0 Å². The Morgan fingerprint density at radius 2 is 2.05 bits per heavy atom. The van der Waals surface area contributed by atoms with Crippen LogP contribution < -0.4 is 5.32 Å². The Morgan fingerprint density at radius 3 is 2.65 bits per heavy atom. The van der Waals surface area contributed by atoms with E-state index in [0.29, 0.717) is 24.6 Å². The molecule has 2 N–H and O–H groups in total. The van der Waals surface area contributed by atoms with Gasteiger partial charge in [-0.15, -0.1) is 11.8 Å². The maximum Gasteiger partial charge on any atom is 0.230 e. The molecule has 0 aromatic heterocycles. The van der Waals surface area contributed by atoms with Gasteiger partial charge in [-0.25, -0.2) is 0 Å². The first-order chi connectivity index (χ1) is 9.30. The summed E-state index contributed by atoms with van der Waals surface area (Å²) in [5.41, 5.74) is 0.342. The number of rotatable bonds is 7. The van der Waals surface area contributed by atoms with E-state index in [1.165, 1.54) is 17.3 Å². The molecule has 0 bridgehead atoms. The van der Waals surface area contributed by atoms with Crippen LogP contribution in [-0.2, 0) is 4.79 Å². The Morgan fingerprint density at radius 1 is 1.40 bits per heavy atom. The van der Waals surface area contributed by atoms with Crippen molar-refractivity contribution in [2.75, 3.05) is 12.3 Å². The monoisotopic (exact) mass is 295 g/mol. The molecule has 1 unspecified atom stereocenters. The lowest BCUT2D eigenvalue weighted by Crippen LogP contribution is -2.42. The summed E-state index contributed by atoms with van der Waals surface area (Å²) in [5.74, 6) is 0.744. The predicted molar refractivity (Wildman–Crippen MR) is 85.0 cm³/mol. The normalized spacial score (nSPS) is 14.1. The Hall–Kier alpha value is -1.00. The quantitative estimate of drug-likeness (QED) is 0.760. The molecule has 1 aromatic carbocycles. The van der Waals surface area contributed by atoms with E-state index in [1.807, 2.05) is 31.2 Å². The van der Waals surface area contributed by atoms with Crippen molar-refractivity contribution in [3.63, 3.8) is 0 Å². The van der Waals surface area contributed by atoms with Gasteiger partial charge in [-0.1, -0.05) is 32.0 Å². The zero-order valence-electron chi connectivity index (χ0n) is 12.8. The molecular formula is C16H25NO2S. The Kier molecular flexibility index (Phi) is 6.56. The number of aliphatic hydroxyl groups is 1. The largest absolute Gasteiger partial charge is 0.388 e. The van der Waals surface area contributed by atoms with E-state index in [9.17, 15) is 9.90 Å². The summed E-state index contributed by atoms with van der Waals surface area (Å²) in [5, 5.41) is 12.9. The molecule has 0 aliphatic rings. The van der Waals surface area contributed by atoms with Gasteiger partial charge in [-0.05, 0) is 37.8 Å². The van der Waals surface area contributed by atoms with Crippen molar-refractivity contribution < 1.29 is 9.90 Å². The molecule has 3 nitrogen and oxygen atoms in total. The number of aryl methyl sites for hydroxylation is 1. The third kappa shape index (κ3) is 6.44. The minimum Gasteiger partial charge on any atom is -0.388 e. The van der Waals surface area contributed by atoms with Crippen LogP contribution in [0.15, 0.2) is 29.2 Å². The number of carbonyl (C=O) groups excluding carboxylic acids is 1. The van der Waals surface area contributed by atoms with Crippen LogP contribution in [-0.4, -0.2) is 28.9 Å². The molecule has 1 rings (SSSR count). The lowest BCUT2D eigenvalue weighted by atomic mass is 9.94. The summed E-state index contributed by atoms with van der Waals surface area (Å²) >= 11 is 1.53. The minimum atomic E-state index is -0.836. The van der Waals surface area contributed by atoms with Crippen molar-refractivity contribution in [3.05, 3.63) is 29.8 Å². The number of hydrogen-bond donors (Lipinski definition) is 2. The number of nitrogens with one attached hydrogen (secondary N) is 1. The SMILES string of the molecule is Cc1ccccc1SCC(=O)NCC(C)(O)CC(C)C. The molecule has 0 aliphatic heterocycles. The maximum atomic E-state index is 11.8. The van der Waals surface area contributed by atoms with Crippen LogP contribution in [0, 0.1) is 12.8 Å². The lowest BCUT2D eigenvalue weighted by Gasteiger charge is -2.25. The molecule has 0 aliphatic carbocycles. The fourth-order valence-corrected chi connectivity index (χ4v) is 3.01. The third-order valence-electron chi connectivity index (χ3n) is 2.97. The van der Waals surface area contributed by atoms with E-state index >= 15 is 0 Å². The molecular weight excluding hydrogens is 270 g/mol. The zero-order valence-corrected chi connectivity index (χ0v) is 13.6. The minimum absolute atomic E-state index is 0.0396. The lowest BCUT2D eigenvalue weighted by molar-refractivity contribution is -0.119. The highest BCUT2D eigenvalue weighted by molar-refractivity contribution is 8.00. The summed E-state index contributed by atoms with van der Waals surface area (Å²) in [6.07, 6.45) is 0.679. The second-order valence-corrected chi connectivity index (χ2v) is 6.94. The Bertz CT molecular complexity index is 444. The van der Waals surface area contributed by atoms with Gasteiger partial charge in [0.15, 0.2) is 0 Å². The Labute approximate surface area is 126 Å². The Balaban J connectivity index is 2.36. The van der Waals surface area contributed by atoms with Gasteiger partial charge < -0.3 is 10.4 Å². The van der Waals surface area contributed by atoms with Crippen LogP contribution in [0.1, 0.15) is 32.8 Å². The van der Waals surface area contributed by atoms with Gasteiger partial charge in [-0.3, -0.25) is 4.79 Å². The third-order valence-corrected chi connectivity index (χ3v) is 4.14. The van der Waals surface area contributed by atoms with Gasteiger partial charge in [0, 0.05) is 11.4 Å². The molecule has 0 saturated heterocycles. The van der Waals surface area contributed by atoms with Gasteiger partial charge in [-0.2, -0.15) is 0 Å². The topological polar surface area (TPSA) is 49.3 Å². The standard InChI is InChI=1S/C16H25NO2S/c1-12(2)9-16(4,19)11-17-15(18)10-20-14-8-6-5-7-13(14)3/h5-8,12,19H,9-11H2,1-4H3,(H,17,18). The summed E-state index contributed by atoms with van der Waals surface area (Å²) < 4.78 is 0. The van der Waals surface area contributed by atoms with E-state index in [0.717, 1.165) is 4.90 Å². The highest BCUT2D eigenvalue weighted by atomic mass is 32.2. The smallest absolute Gasteiger partial charge is 0.230 e. The van der Waals surface area contributed by atoms with Crippen molar-refractivity contribution in [2.45, 2.75) is 44.6 Å². The predicted octanol–water partition coefficient (Wildman–Crippen LogP) is 3.00. The molecule has 1 atom stereocenters. The van der Waals surface area contributed by atoms with Crippen LogP contribution in [0.2, 0.25) is 0 Å². The highest BCUT2D eigenvalue weighted by Gasteiger charge is 2.22. The van der Waals surface area contributed by atoms with Gasteiger partial charge in [0.25, 0.3) is 0 Å². The van der Waals surface area contributed by atoms with Gasteiger partial charge >= 0.3 is 0 Å². The summed E-state index contributed by atoms with van der Waals surface area (Å²) in [6, 6.07) is 8.01. The molecule has 0 heterocycles.